The van der Waals surface area contributed by atoms with Crippen LogP contribution in [0.1, 0.15) is 12.8 Å². The lowest BCUT2D eigenvalue weighted by Crippen LogP contribution is -2.44. The molecule has 0 unspecified atom stereocenters. The first kappa shape index (κ1) is 8.87. The molecule has 11 heavy (non-hydrogen) atoms. The summed E-state index contributed by atoms with van der Waals surface area (Å²) in [5, 5.41) is 0. The molecular weight excluding hydrogens is 150 g/mol. The zero-order chi connectivity index (χ0) is 8.27. The number of hydrogen-bond donors (Lipinski definition) is 1. The van der Waals surface area contributed by atoms with Crippen molar-refractivity contribution in [2.45, 2.75) is 25.3 Å². The molecule has 1 atom stereocenters. The minimum atomic E-state index is -2.22. The molecule has 2 N–H and O–H groups in total. The molecule has 1 fully saturated rings. The van der Waals surface area contributed by atoms with Gasteiger partial charge in [0.1, 0.15) is 0 Å². The molecule has 0 aromatic heterocycles. The van der Waals surface area contributed by atoms with Crippen LogP contribution in [-0.4, -0.2) is 37.0 Å². The van der Waals surface area contributed by atoms with Crippen LogP contribution in [0.5, 0.6) is 0 Å². The topological polar surface area (TPSA) is 29.3 Å². The highest BCUT2D eigenvalue weighted by atomic mass is 19.3. The summed E-state index contributed by atoms with van der Waals surface area (Å²) < 4.78 is 23.7. The van der Waals surface area contributed by atoms with E-state index in [2.05, 4.69) is 0 Å². The third kappa shape index (κ3) is 3.12. The zero-order valence-corrected chi connectivity index (χ0v) is 6.47. The Kier molecular flexibility index (Phi) is 3.20. The normalized spacial score (nSPS) is 27.8. The van der Waals surface area contributed by atoms with E-state index in [1.165, 1.54) is 0 Å². The maximum Gasteiger partial charge on any atom is 0.251 e. The lowest BCUT2D eigenvalue weighted by molar-refractivity contribution is 0.0745. The number of rotatable bonds is 2. The summed E-state index contributed by atoms with van der Waals surface area (Å²) in [6, 6.07) is 0.0995. The van der Waals surface area contributed by atoms with E-state index in [0.717, 1.165) is 19.4 Å². The number of alkyl halides is 2. The lowest BCUT2D eigenvalue weighted by atomic mass is 10.1. The largest absolute Gasteiger partial charge is 0.327 e. The standard InChI is InChI=1S/C7H14F2N2/c8-7(9)5-11-3-1-2-6(10)4-11/h6-7H,1-5,10H2/t6-/m1/s1. The summed E-state index contributed by atoms with van der Waals surface area (Å²) >= 11 is 0. The van der Waals surface area contributed by atoms with Gasteiger partial charge in [-0.25, -0.2) is 8.78 Å². The van der Waals surface area contributed by atoms with Gasteiger partial charge in [0, 0.05) is 12.6 Å². The Bertz CT molecular complexity index is 117. The first-order valence-electron chi connectivity index (χ1n) is 3.94. The number of nitrogens with two attached hydrogens (primary N) is 1. The quantitative estimate of drug-likeness (QED) is 0.650. The van der Waals surface area contributed by atoms with Crippen LogP contribution in [0.15, 0.2) is 0 Å². The molecule has 2 nitrogen and oxygen atoms in total. The molecule has 0 amide bonds. The van der Waals surface area contributed by atoms with Gasteiger partial charge >= 0.3 is 0 Å². The zero-order valence-electron chi connectivity index (χ0n) is 6.47. The van der Waals surface area contributed by atoms with Crippen LogP contribution >= 0.6 is 0 Å². The Labute approximate surface area is 65.4 Å². The van der Waals surface area contributed by atoms with Crippen molar-refractivity contribution in [3.8, 4) is 0 Å². The monoisotopic (exact) mass is 164 g/mol. The average Bonchev–Trinajstić information content (AvgIpc) is 1.85. The minimum absolute atomic E-state index is 0.0995. The molecule has 0 aliphatic carbocycles. The van der Waals surface area contributed by atoms with Gasteiger partial charge in [-0.15, -0.1) is 0 Å². The van der Waals surface area contributed by atoms with Crippen molar-refractivity contribution < 1.29 is 8.78 Å². The fraction of sp³-hybridized carbons (Fsp3) is 1.00. The number of halogens is 2. The fourth-order valence-corrected chi connectivity index (χ4v) is 1.45. The SMILES string of the molecule is N[C@@H]1CCCN(CC(F)F)C1. The van der Waals surface area contributed by atoms with Gasteiger partial charge in [0.25, 0.3) is 6.43 Å². The van der Waals surface area contributed by atoms with Crippen molar-refractivity contribution in [3.05, 3.63) is 0 Å². The molecule has 0 spiro atoms. The van der Waals surface area contributed by atoms with Gasteiger partial charge in [-0.3, -0.25) is 4.90 Å². The van der Waals surface area contributed by atoms with Gasteiger partial charge in [-0.2, -0.15) is 0 Å². The second kappa shape index (κ2) is 3.97. The molecule has 4 heteroatoms. The van der Waals surface area contributed by atoms with Crippen LogP contribution in [0.25, 0.3) is 0 Å². The molecular formula is C7H14F2N2. The van der Waals surface area contributed by atoms with Gasteiger partial charge < -0.3 is 5.73 Å². The molecule has 0 bridgehead atoms. The molecule has 1 aliphatic heterocycles. The summed E-state index contributed by atoms with van der Waals surface area (Å²) in [4.78, 5) is 1.73. The summed E-state index contributed by atoms with van der Waals surface area (Å²) in [6.45, 7) is 1.29. The third-order valence-corrected chi connectivity index (χ3v) is 1.94. The first-order valence-corrected chi connectivity index (χ1v) is 3.94. The molecule has 1 aliphatic rings. The van der Waals surface area contributed by atoms with E-state index in [9.17, 15) is 8.78 Å². The first-order chi connectivity index (χ1) is 5.18. The van der Waals surface area contributed by atoms with E-state index < -0.39 is 6.43 Å². The Hall–Kier alpha value is -0.220. The number of nitrogens with zero attached hydrogens (tertiary/aromatic N) is 1. The van der Waals surface area contributed by atoms with Gasteiger partial charge in [0.05, 0.1) is 6.54 Å². The van der Waals surface area contributed by atoms with Gasteiger partial charge in [0.2, 0.25) is 0 Å². The summed E-state index contributed by atoms with van der Waals surface area (Å²) in [6.07, 6.45) is -0.298. The maximum atomic E-state index is 11.9. The fourth-order valence-electron chi connectivity index (χ4n) is 1.45. The van der Waals surface area contributed by atoms with Gasteiger partial charge in [-0.05, 0) is 19.4 Å². The Balaban J connectivity index is 2.23. The highest BCUT2D eigenvalue weighted by molar-refractivity contribution is 4.74. The highest BCUT2D eigenvalue weighted by Gasteiger charge is 2.18. The van der Waals surface area contributed by atoms with E-state index in [1.807, 2.05) is 0 Å². The van der Waals surface area contributed by atoms with Crippen LogP contribution < -0.4 is 5.73 Å². The van der Waals surface area contributed by atoms with Crippen LogP contribution in [0.4, 0.5) is 8.78 Å². The molecule has 1 heterocycles. The maximum absolute atomic E-state index is 11.9. The van der Waals surface area contributed by atoms with E-state index in [4.69, 9.17) is 5.73 Å². The number of piperidine rings is 1. The van der Waals surface area contributed by atoms with E-state index in [-0.39, 0.29) is 12.6 Å². The van der Waals surface area contributed by atoms with E-state index in [0.29, 0.717) is 6.54 Å². The Morgan fingerprint density at radius 2 is 2.27 bits per heavy atom. The third-order valence-electron chi connectivity index (χ3n) is 1.94. The van der Waals surface area contributed by atoms with Crippen LogP contribution in [0.2, 0.25) is 0 Å². The van der Waals surface area contributed by atoms with Gasteiger partial charge in [-0.1, -0.05) is 0 Å². The Morgan fingerprint density at radius 1 is 1.55 bits per heavy atom. The predicted molar refractivity (Wildman–Crippen MR) is 39.7 cm³/mol. The molecule has 0 radical (unpaired) electrons. The average molecular weight is 164 g/mol. The lowest BCUT2D eigenvalue weighted by Gasteiger charge is -2.30. The minimum Gasteiger partial charge on any atom is -0.327 e. The van der Waals surface area contributed by atoms with Crippen molar-refractivity contribution >= 4 is 0 Å². The summed E-state index contributed by atoms with van der Waals surface area (Å²) in [7, 11) is 0. The Morgan fingerprint density at radius 3 is 2.82 bits per heavy atom. The predicted octanol–water partition coefficient (Wildman–Crippen LogP) is 0.675. The molecule has 66 valence electrons. The molecule has 0 aromatic rings. The van der Waals surface area contributed by atoms with Gasteiger partial charge in [0.15, 0.2) is 0 Å². The smallest absolute Gasteiger partial charge is 0.251 e. The highest BCUT2D eigenvalue weighted by Crippen LogP contribution is 2.09. The van der Waals surface area contributed by atoms with Crippen molar-refractivity contribution in [1.29, 1.82) is 0 Å². The molecule has 0 aromatic carbocycles. The van der Waals surface area contributed by atoms with Crippen LogP contribution in [-0.2, 0) is 0 Å². The van der Waals surface area contributed by atoms with Crippen molar-refractivity contribution in [2.24, 2.45) is 5.73 Å². The van der Waals surface area contributed by atoms with E-state index in [1.54, 1.807) is 4.90 Å². The molecule has 1 saturated heterocycles. The number of likely N-dealkylation sites (tertiary alicyclic amines) is 1. The second-order valence-corrected chi connectivity index (χ2v) is 3.05. The number of hydrogen-bond acceptors (Lipinski definition) is 2. The van der Waals surface area contributed by atoms with E-state index >= 15 is 0 Å². The molecule has 0 saturated carbocycles. The van der Waals surface area contributed by atoms with Crippen molar-refractivity contribution in [2.75, 3.05) is 19.6 Å². The van der Waals surface area contributed by atoms with Crippen molar-refractivity contribution in [3.63, 3.8) is 0 Å². The van der Waals surface area contributed by atoms with Crippen LogP contribution in [0.3, 0.4) is 0 Å². The summed E-state index contributed by atoms with van der Waals surface area (Å²) in [5.41, 5.74) is 5.61. The van der Waals surface area contributed by atoms with Crippen LogP contribution in [0, 0.1) is 0 Å². The summed E-state index contributed by atoms with van der Waals surface area (Å²) in [5.74, 6) is 0. The van der Waals surface area contributed by atoms with Crippen molar-refractivity contribution in [1.82, 2.24) is 4.90 Å². The second-order valence-electron chi connectivity index (χ2n) is 3.05. The molecule has 1 rings (SSSR count).